The molecule has 144 valence electrons. The van der Waals surface area contributed by atoms with E-state index in [1.54, 1.807) is 21.8 Å². The van der Waals surface area contributed by atoms with Crippen LogP contribution in [0, 0.1) is 5.82 Å². The first-order valence-corrected chi connectivity index (χ1v) is 9.32. The standard InChI is InChI=1S/C19H19FN6O2/c1-11-2-3-15-13(8-12(20)9-21-15)16-5-7-28-26(16)17-4-6-25-18(24-17)14(10-22-25)19(27)23-11/h4,6,8-11,16H,2-3,5,7H2,1H3,(H,23,27). The topological polar surface area (TPSA) is 84.7 Å². The second-order valence-corrected chi connectivity index (χ2v) is 7.18. The van der Waals surface area contributed by atoms with Crippen molar-refractivity contribution >= 4 is 17.4 Å². The highest BCUT2D eigenvalue weighted by molar-refractivity contribution is 5.99. The summed E-state index contributed by atoms with van der Waals surface area (Å²) in [5.41, 5.74) is 2.47. The molecule has 28 heavy (non-hydrogen) atoms. The van der Waals surface area contributed by atoms with Crippen molar-refractivity contribution in [1.29, 1.82) is 0 Å². The zero-order chi connectivity index (χ0) is 19.3. The number of pyridine rings is 1. The maximum atomic E-state index is 14.0. The number of amides is 1. The van der Waals surface area contributed by atoms with Gasteiger partial charge in [0.15, 0.2) is 11.5 Å². The summed E-state index contributed by atoms with van der Waals surface area (Å²) in [5, 5.41) is 8.89. The molecule has 2 bridgehead atoms. The molecule has 2 unspecified atom stereocenters. The molecule has 2 aliphatic rings. The minimum Gasteiger partial charge on any atom is -0.349 e. The van der Waals surface area contributed by atoms with Crippen molar-refractivity contribution in [2.45, 2.75) is 38.3 Å². The second kappa shape index (κ2) is 6.52. The molecule has 8 nitrogen and oxygen atoms in total. The molecule has 1 amide bonds. The van der Waals surface area contributed by atoms with Crippen LogP contribution in [-0.2, 0) is 11.3 Å². The van der Waals surface area contributed by atoms with E-state index in [0.29, 0.717) is 42.9 Å². The van der Waals surface area contributed by atoms with Crippen molar-refractivity contribution in [3.8, 4) is 0 Å². The Bertz CT molecular complexity index is 1070. The highest BCUT2D eigenvalue weighted by atomic mass is 19.1. The number of halogens is 1. The molecule has 2 atom stereocenters. The molecule has 0 saturated carbocycles. The second-order valence-electron chi connectivity index (χ2n) is 7.18. The molecule has 0 aromatic carbocycles. The Morgan fingerprint density at radius 3 is 3.11 bits per heavy atom. The number of nitrogens with zero attached hydrogens (tertiary/aromatic N) is 5. The maximum Gasteiger partial charge on any atom is 0.256 e. The predicted octanol–water partition coefficient (Wildman–Crippen LogP) is 2.21. The van der Waals surface area contributed by atoms with Crippen molar-refractivity contribution in [2.24, 2.45) is 0 Å². The van der Waals surface area contributed by atoms with Gasteiger partial charge in [-0.05, 0) is 25.8 Å². The van der Waals surface area contributed by atoms with Gasteiger partial charge in [0.25, 0.3) is 5.91 Å². The molecule has 0 radical (unpaired) electrons. The molecule has 9 heteroatoms. The molecule has 3 aromatic heterocycles. The van der Waals surface area contributed by atoms with Gasteiger partial charge in [0.2, 0.25) is 0 Å². The van der Waals surface area contributed by atoms with Crippen molar-refractivity contribution in [3.05, 3.63) is 53.4 Å². The monoisotopic (exact) mass is 382 g/mol. The van der Waals surface area contributed by atoms with E-state index in [1.807, 2.05) is 6.92 Å². The zero-order valence-corrected chi connectivity index (χ0v) is 15.3. The van der Waals surface area contributed by atoms with E-state index in [1.165, 1.54) is 18.5 Å². The number of hydrogen-bond donors (Lipinski definition) is 1. The van der Waals surface area contributed by atoms with Crippen molar-refractivity contribution in [3.63, 3.8) is 0 Å². The lowest BCUT2D eigenvalue weighted by Crippen LogP contribution is -2.33. The quantitative estimate of drug-likeness (QED) is 0.642. The van der Waals surface area contributed by atoms with E-state index in [-0.39, 0.29) is 23.8 Å². The largest absolute Gasteiger partial charge is 0.349 e. The van der Waals surface area contributed by atoms with Crippen molar-refractivity contribution in [2.75, 3.05) is 11.7 Å². The fourth-order valence-electron chi connectivity index (χ4n) is 3.83. The molecule has 5 rings (SSSR count). The summed E-state index contributed by atoms with van der Waals surface area (Å²) in [5.74, 6) is -0.0533. The highest BCUT2D eigenvalue weighted by Gasteiger charge is 2.32. The van der Waals surface area contributed by atoms with E-state index < -0.39 is 0 Å². The minimum atomic E-state index is -0.377. The van der Waals surface area contributed by atoms with Gasteiger partial charge in [-0.3, -0.25) is 14.6 Å². The third-order valence-corrected chi connectivity index (χ3v) is 5.25. The van der Waals surface area contributed by atoms with Crippen LogP contribution in [0.4, 0.5) is 10.2 Å². The molecule has 1 N–H and O–H groups in total. The Hall–Kier alpha value is -3.07. The third kappa shape index (κ3) is 2.78. The van der Waals surface area contributed by atoms with Crippen LogP contribution in [0.2, 0.25) is 0 Å². The van der Waals surface area contributed by atoms with Gasteiger partial charge in [-0.1, -0.05) is 0 Å². The minimum absolute atomic E-state index is 0.0815. The van der Waals surface area contributed by atoms with Gasteiger partial charge in [-0.2, -0.15) is 5.10 Å². The molecule has 1 fully saturated rings. The van der Waals surface area contributed by atoms with Gasteiger partial charge < -0.3 is 5.32 Å². The van der Waals surface area contributed by atoms with Gasteiger partial charge in [-0.15, -0.1) is 0 Å². The average Bonchev–Trinajstić information content (AvgIpc) is 3.32. The van der Waals surface area contributed by atoms with Crippen LogP contribution < -0.4 is 10.4 Å². The van der Waals surface area contributed by atoms with Crippen LogP contribution in [-0.4, -0.2) is 38.1 Å². The Labute approximate surface area is 160 Å². The summed E-state index contributed by atoms with van der Waals surface area (Å²) in [4.78, 5) is 27.5. The smallest absolute Gasteiger partial charge is 0.256 e. The lowest BCUT2D eigenvalue weighted by molar-refractivity contribution is 0.0940. The molecular formula is C19H19FN6O2. The summed E-state index contributed by atoms with van der Waals surface area (Å²) in [6.07, 6.45) is 6.49. The number of fused-ring (bicyclic) bond motifs is 5. The first-order chi connectivity index (χ1) is 13.6. The lowest BCUT2D eigenvalue weighted by atomic mass is 9.98. The van der Waals surface area contributed by atoms with E-state index in [4.69, 9.17) is 4.84 Å². The number of rotatable bonds is 0. The number of aryl methyl sites for hydroxylation is 1. The van der Waals surface area contributed by atoms with Gasteiger partial charge in [0.1, 0.15) is 11.4 Å². The molecule has 0 aliphatic carbocycles. The molecular weight excluding hydrogens is 363 g/mol. The van der Waals surface area contributed by atoms with Crippen LogP contribution >= 0.6 is 0 Å². The normalized spacial score (nSPS) is 22.2. The number of hydroxylamine groups is 1. The van der Waals surface area contributed by atoms with Gasteiger partial charge in [0.05, 0.1) is 25.0 Å². The molecule has 2 aliphatic heterocycles. The van der Waals surface area contributed by atoms with Crippen LogP contribution in [0.15, 0.2) is 30.7 Å². The summed E-state index contributed by atoms with van der Waals surface area (Å²) >= 11 is 0. The lowest BCUT2D eigenvalue weighted by Gasteiger charge is -2.25. The van der Waals surface area contributed by atoms with Gasteiger partial charge in [-0.25, -0.2) is 19.0 Å². The summed E-state index contributed by atoms with van der Waals surface area (Å²) in [6, 6.07) is 3.02. The first kappa shape index (κ1) is 17.1. The zero-order valence-electron chi connectivity index (χ0n) is 15.3. The predicted molar refractivity (Wildman–Crippen MR) is 98.2 cm³/mol. The Morgan fingerprint density at radius 2 is 2.21 bits per heavy atom. The summed E-state index contributed by atoms with van der Waals surface area (Å²) in [6.45, 7) is 2.44. The van der Waals surface area contributed by atoms with Crippen molar-refractivity contribution < 1.29 is 14.0 Å². The number of aromatic nitrogens is 4. The first-order valence-electron chi connectivity index (χ1n) is 9.32. The van der Waals surface area contributed by atoms with Crippen LogP contribution in [0.25, 0.3) is 5.65 Å². The Balaban J connectivity index is 1.69. The Morgan fingerprint density at radius 1 is 1.32 bits per heavy atom. The third-order valence-electron chi connectivity index (χ3n) is 5.25. The highest BCUT2D eigenvalue weighted by Crippen LogP contribution is 2.36. The number of nitrogens with one attached hydrogen (secondary N) is 1. The molecule has 3 aromatic rings. The fraction of sp³-hybridized carbons (Fsp3) is 0.368. The summed E-state index contributed by atoms with van der Waals surface area (Å²) in [7, 11) is 0. The number of hydrogen-bond acceptors (Lipinski definition) is 6. The van der Waals surface area contributed by atoms with Crippen molar-refractivity contribution in [1.82, 2.24) is 24.9 Å². The fourth-order valence-corrected chi connectivity index (χ4v) is 3.83. The van der Waals surface area contributed by atoms with E-state index in [9.17, 15) is 9.18 Å². The van der Waals surface area contributed by atoms with E-state index in [0.717, 1.165) is 11.3 Å². The van der Waals surface area contributed by atoms with Crippen LogP contribution in [0.1, 0.15) is 47.4 Å². The Kier molecular flexibility index (Phi) is 3.97. The maximum absolute atomic E-state index is 14.0. The van der Waals surface area contributed by atoms with Gasteiger partial charge >= 0.3 is 0 Å². The van der Waals surface area contributed by atoms with E-state index in [2.05, 4.69) is 20.4 Å². The van der Waals surface area contributed by atoms with Crippen LogP contribution in [0.3, 0.4) is 0 Å². The average molecular weight is 382 g/mol. The molecule has 5 heterocycles. The SMILES string of the molecule is CC1CCc2ncc(F)cc2C2CCON2c2ccn3ncc(c3n2)C(=O)N1. The number of carbonyl (C=O) groups is 1. The summed E-state index contributed by atoms with van der Waals surface area (Å²) < 4.78 is 15.6. The van der Waals surface area contributed by atoms with E-state index >= 15 is 0 Å². The molecule has 0 spiro atoms. The molecule has 1 saturated heterocycles. The number of anilines is 1. The number of carbonyl (C=O) groups excluding carboxylic acids is 1. The van der Waals surface area contributed by atoms with Gasteiger partial charge in [0, 0.05) is 36.0 Å². The van der Waals surface area contributed by atoms with Crippen LogP contribution in [0.5, 0.6) is 0 Å².